The average molecular weight is 753 g/mol. The Balaban J connectivity index is 1.26. The SMILES string of the molecule is COC1C(NC2CC(C)NN2)NC(SC2CCC(S(=O)(=O)C(C)(C)C3CCCC([N+](=O)[O-])C3F)CC2F)NC1N1CCC(C(=O)N(C)C)CC1. The first-order valence-corrected chi connectivity index (χ1v) is 20.6. The van der Waals surface area contributed by atoms with Gasteiger partial charge in [-0.2, -0.15) is 0 Å². The summed E-state index contributed by atoms with van der Waals surface area (Å²) in [5.41, 5.74) is 6.12. The summed E-state index contributed by atoms with van der Waals surface area (Å²) in [7, 11) is 1.20. The Labute approximate surface area is 299 Å². The second-order valence-electron chi connectivity index (χ2n) is 15.6. The monoisotopic (exact) mass is 752 g/mol. The lowest BCUT2D eigenvalue weighted by molar-refractivity contribution is -0.536. The van der Waals surface area contributed by atoms with Crippen molar-refractivity contribution < 1.29 is 31.7 Å². The van der Waals surface area contributed by atoms with Gasteiger partial charge in [0.05, 0.1) is 28.5 Å². The molecule has 14 nitrogen and oxygen atoms in total. The molecule has 18 heteroatoms. The molecule has 5 fully saturated rings. The summed E-state index contributed by atoms with van der Waals surface area (Å²) in [6.07, 6.45) is -0.841. The number of ether oxygens (including phenoxy) is 1. The van der Waals surface area contributed by atoms with Gasteiger partial charge in [0.2, 0.25) is 11.9 Å². The number of amides is 1. The van der Waals surface area contributed by atoms with Gasteiger partial charge in [0.1, 0.15) is 17.8 Å². The number of nitrogens with zero attached hydrogens (tertiary/aromatic N) is 3. The molecule has 12 unspecified atom stereocenters. The number of piperidine rings is 1. The molecule has 5 N–H and O–H groups in total. The van der Waals surface area contributed by atoms with Crippen molar-refractivity contribution in [1.82, 2.24) is 36.6 Å². The van der Waals surface area contributed by atoms with E-state index < -0.39 is 59.8 Å². The fourth-order valence-electron chi connectivity index (χ4n) is 8.76. The largest absolute Gasteiger partial charge is 0.375 e. The molecule has 0 aromatic rings. The summed E-state index contributed by atoms with van der Waals surface area (Å²) in [5.74, 6) is -0.927. The van der Waals surface area contributed by atoms with Gasteiger partial charge < -0.3 is 9.64 Å². The molecule has 0 spiro atoms. The molecule has 5 aliphatic rings. The van der Waals surface area contributed by atoms with Gasteiger partial charge in [0.25, 0.3) is 0 Å². The number of nitrogens with one attached hydrogen (secondary N) is 5. The van der Waals surface area contributed by atoms with E-state index >= 15 is 8.78 Å². The van der Waals surface area contributed by atoms with Crippen molar-refractivity contribution in [3.8, 4) is 0 Å². The Hall–Kier alpha value is -1.25. The normalized spacial score (nSPS) is 39.7. The summed E-state index contributed by atoms with van der Waals surface area (Å²) < 4.78 is 64.0. The average Bonchev–Trinajstić information content (AvgIpc) is 3.48. The zero-order chi connectivity index (χ0) is 36.5. The third kappa shape index (κ3) is 8.43. The second kappa shape index (κ2) is 16.4. The van der Waals surface area contributed by atoms with Crippen molar-refractivity contribution in [2.75, 3.05) is 34.3 Å². The van der Waals surface area contributed by atoms with Crippen LogP contribution in [0.4, 0.5) is 8.78 Å². The molecular formula is C32H58F2N8O6S2. The fraction of sp³-hybridized carbons (Fsp3) is 0.969. The van der Waals surface area contributed by atoms with Crippen LogP contribution in [0, 0.1) is 22.0 Å². The second-order valence-corrected chi connectivity index (χ2v) is 19.8. The van der Waals surface area contributed by atoms with E-state index in [1.54, 1.807) is 26.1 Å². The number of thioether (sulfide) groups is 1. The molecule has 0 aromatic heterocycles. The summed E-state index contributed by atoms with van der Waals surface area (Å²) in [5, 5.41) is 20.9. The third-order valence-corrected chi connectivity index (χ3v) is 16.3. The van der Waals surface area contributed by atoms with E-state index in [9.17, 15) is 23.3 Å². The highest BCUT2D eigenvalue weighted by Gasteiger charge is 2.55. The first kappa shape index (κ1) is 39.9. The Kier molecular flexibility index (Phi) is 13.1. The molecule has 12 atom stereocenters. The van der Waals surface area contributed by atoms with Gasteiger partial charge >= 0.3 is 0 Å². The number of likely N-dealkylation sites (tertiary alicyclic amines) is 1. The van der Waals surface area contributed by atoms with Crippen molar-refractivity contribution in [3.05, 3.63) is 10.1 Å². The number of hydrogen-bond acceptors (Lipinski definition) is 13. The van der Waals surface area contributed by atoms with E-state index in [4.69, 9.17) is 4.74 Å². The Morgan fingerprint density at radius 1 is 1.06 bits per heavy atom. The van der Waals surface area contributed by atoms with Gasteiger partial charge in [-0.3, -0.25) is 41.2 Å². The Morgan fingerprint density at radius 2 is 1.76 bits per heavy atom. The standard InChI is InChI=1S/C32H58F2N8O6S2/c1-18-16-25(39-38-18)35-28-27(48-6)29(41-14-12-19(13-15-41)30(43)40(4)5)37-31(36-28)49-24-11-10-20(17-22(24)33)50(46,47)32(2,3)21-8-7-9-23(26(21)34)42(44)45/h18-29,31,35-39H,7-17H2,1-6H3. The molecule has 3 heterocycles. The van der Waals surface area contributed by atoms with E-state index in [-0.39, 0.29) is 68.2 Å². The van der Waals surface area contributed by atoms with E-state index in [2.05, 4.69) is 38.6 Å². The number of sulfone groups is 1. The van der Waals surface area contributed by atoms with Gasteiger partial charge in [-0.05, 0) is 72.1 Å². The summed E-state index contributed by atoms with van der Waals surface area (Å²) in [4.78, 5) is 27.4. The van der Waals surface area contributed by atoms with Crippen LogP contribution in [0.1, 0.15) is 78.6 Å². The molecule has 0 radical (unpaired) electrons. The molecule has 3 aliphatic heterocycles. The summed E-state index contributed by atoms with van der Waals surface area (Å²) >= 11 is 1.41. The summed E-state index contributed by atoms with van der Waals surface area (Å²) in [6.45, 7) is 6.39. The van der Waals surface area contributed by atoms with Crippen LogP contribution >= 0.6 is 11.8 Å². The van der Waals surface area contributed by atoms with Gasteiger partial charge in [-0.1, -0.05) is 0 Å². The lowest BCUT2D eigenvalue weighted by Crippen LogP contribution is -2.75. The van der Waals surface area contributed by atoms with E-state index in [0.717, 1.165) is 19.3 Å². The zero-order valence-electron chi connectivity index (χ0n) is 30.1. The van der Waals surface area contributed by atoms with Gasteiger partial charge in [-0.15, -0.1) is 11.8 Å². The molecule has 288 valence electrons. The minimum atomic E-state index is -4.03. The minimum Gasteiger partial charge on any atom is -0.375 e. The van der Waals surface area contributed by atoms with Gasteiger partial charge in [0, 0.05) is 68.8 Å². The molecule has 3 saturated heterocycles. The van der Waals surface area contributed by atoms with Crippen molar-refractivity contribution in [1.29, 1.82) is 0 Å². The molecule has 2 saturated carbocycles. The molecule has 2 aliphatic carbocycles. The van der Waals surface area contributed by atoms with Crippen molar-refractivity contribution >= 4 is 27.5 Å². The van der Waals surface area contributed by atoms with Crippen LogP contribution in [0.3, 0.4) is 0 Å². The molecule has 0 bridgehead atoms. The van der Waals surface area contributed by atoms with E-state index in [1.165, 1.54) is 25.6 Å². The number of carbonyl (C=O) groups excluding carboxylic acids is 1. The maximum Gasteiger partial charge on any atom is 0.244 e. The number of carbonyl (C=O) groups is 1. The highest BCUT2D eigenvalue weighted by Crippen LogP contribution is 2.45. The highest BCUT2D eigenvalue weighted by molar-refractivity contribution is 8.00. The fourth-order valence-corrected chi connectivity index (χ4v) is 12.5. The molecule has 5 rings (SSSR count). The molecular weight excluding hydrogens is 695 g/mol. The van der Waals surface area contributed by atoms with Crippen LogP contribution in [-0.4, -0.2) is 133 Å². The number of halogens is 2. The predicted octanol–water partition coefficient (Wildman–Crippen LogP) is 1.70. The van der Waals surface area contributed by atoms with E-state index in [0.29, 0.717) is 25.9 Å². The number of hydrogen-bond donors (Lipinski definition) is 5. The first-order valence-electron chi connectivity index (χ1n) is 18.1. The topological polar surface area (TPSA) is 170 Å². The molecule has 1 amide bonds. The number of methoxy groups -OCH3 is 1. The van der Waals surface area contributed by atoms with Crippen molar-refractivity contribution in [3.63, 3.8) is 0 Å². The first-order chi connectivity index (χ1) is 23.5. The number of hydrazine groups is 1. The maximum atomic E-state index is 16.1. The lowest BCUT2D eigenvalue weighted by atomic mass is 9.77. The van der Waals surface area contributed by atoms with Crippen molar-refractivity contribution in [2.45, 2.75) is 148 Å². The van der Waals surface area contributed by atoms with Crippen LogP contribution in [0.5, 0.6) is 0 Å². The predicted molar refractivity (Wildman–Crippen MR) is 189 cm³/mol. The van der Waals surface area contributed by atoms with Gasteiger partial charge in [-0.25, -0.2) is 22.6 Å². The minimum absolute atomic E-state index is 0.0281. The quantitative estimate of drug-likeness (QED) is 0.153. The summed E-state index contributed by atoms with van der Waals surface area (Å²) in [6, 6.07) is -1.15. The van der Waals surface area contributed by atoms with Crippen LogP contribution in [0.15, 0.2) is 0 Å². The van der Waals surface area contributed by atoms with Crippen LogP contribution in [-0.2, 0) is 19.4 Å². The Morgan fingerprint density at radius 3 is 2.34 bits per heavy atom. The van der Waals surface area contributed by atoms with Crippen LogP contribution < -0.4 is 26.8 Å². The third-order valence-electron chi connectivity index (χ3n) is 11.8. The number of nitro groups is 1. The van der Waals surface area contributed by atoms with Gasteiger partial charge in [0.15, 0.2) is 16.0 Å². The highest BCUT2D eigenvalue weighted by atomic mass is 32.2. The lowest BCUT2D eigenvalue weighted by Gasteiger charge is -2.50. The Bertz CT molecular complexity index is 1290. The van der Waals surface area contributed by atoms with Crippen molar-refractivity contribution in [2.24, 2.45) is 11.8 Å². The van der Waals surface area contributed by atoms with Crippen LogP contribution in [0.2, 0.25) is 0 Å². The number of alkyl halides is 2. The number of rotatable bonds is 11. The van der Waals surface area contributed by atoms with Crippen LogP contribution in [0.25, 0.3) is 0 Å². The molecule has 0 aromatic carbocycles. The zero-order valence-corrected chi connectivity index (χ0v) is 31.8. The maximum absolute atomic E-state index is 16.1. The molecule has 50 heavy (non-hydrogen) atoms. The smallest absolute Gasteiger partial charge is 0.244 e. The van der Waals surface area contributed by atoms with E-state index in [1.807, 2.05) is 0 Å².